The molecule has 1 unspecified atom stereocenters. The third-order valence-electron chi connectivity index (χ3n) is 3.35. The summed E-state index contributed by atoms with van der Waals surface area (Å²) < 4.78 is 12.8. The maximum Gasteiger partial charge on any atom is 0.304 e. The minimum absolute atomic E-state index is 0.00103. The van der Waals surface area contributed by atoms with Crippen molar-refractivity contribution in [2.24, 2.45) is 0 Å². The van der Waals surface area contributed by atoms with Gasteiger partial charge in [0.1, 0.15) is 11.6 Å². The summed E-state index contributed by atoms with van der Waals surface area (Å²) in [6.45, 7) is 4.17. The highest BCUT2D eigenvalue weighted by molar-refractivity contribution is 5.81. The topological polar surface area (TPSA) is 57.6 Å². The van der Waals surface area contributed by atoms with Gasteiger partial charge in [-0.15, -0.1) is 0 Å². The molecule has 1 atom stereocenters. The Hall–Kier alpha value is -1.75. The van der Waals surface area contributed by atoms with Crippen LogP contribution in [-0.4, -0.2) is 40.9 Å². The molecule has 0 spiro atoms. The lowest BCUT2D eigenvalue weighted by Gasteiger charge is -2.26. The summed E-state index contributed by atoms with van der Waals surface area (Å²) >= 11 is 0. The van der Waals surface area contributed by atoms with Crippen molar-refractivity contribution in [1.82, 2.24) is 4.90 Å². The predicted octanol–water partition coefficient (Wildman–Crippen LogP) is 2.12. The summed E-state index contributed by atoms with van der Waals surface area (Å²) in [6.07, 6.45) is 0.651. The Kier molecular flexibility index (Phi) is 6.31. The van der Waals surface area contributed by atoms with E-state index in [1.54, 1.807) is 19.1 Å². The normalized spacial score (nSPS) is 12.4. The van der Waals surface area contributed by atoms with E-state index in [1.807, 2.05) is 4.90 Å². The Labute approximate surface area is 118 Å². The number of hydrogen-bond acceptors (Lipinski definition) is 3. The van der Waals surface area contributed by atoms with Gasteiger partial charge in [0.15, 0.2) is 0 Å². The highest BCUT2D eigenvalue weighted by Gasteiger charge is 2.18. The first kappa shape index (κ1) is 16.3. The Balaban J connectivity index is 2.61. The van der Waals surface area contributed by atoms with Gasteiger partial charge < -0.3 is 5.11 Å². The fourth-order valence-electron chi connectivity index (χ4n) is 1.92. The van der Waals surface area contributed by atoms with Gasteiger partial charge in [-0.05, 0) is 38.0 Å². The van der Waals surface area contributed by atoms with Crippen LogP contribution in [0, 0.1) is 5.82 Å². The van der Waals surface area contributed by atoms with E-state index >= 15 is 0 Å². The number of carbonyl (C=O) groups excluding carboxylic acids is 1. The molecule has 1 aromatic rings. The number of hydrogen-bond donors (Lipinski definition) is 1. The Bertz CT molecular complexity index is 459. The van der Waals surface area contributed by atoms with Gasteiger partial charge in [0, 0.05) is 13.1 Å². The highest BCUT2D eigenvalue weighted by Crippen LogP contribution is 2.08. The number of aliphatic carboxylic acids is 1. The summed E-state index contributed by atoms with van der Waals surface area (Å²) in [5.74, 6) is -1.16. The summed E-state index contributed by atoms with van der Waals surface area (Å²) in [7, 11) is 0. The maximum absolute atomic E-state index is 12.8. The van der Waals surface area contributed by atoms with Gasteiger partial charge in [-0.2, -0.15) is 0 Å². The quantitative estimate of drug-likeness (QED) is 0.793. The number of Topliss-reactive ketones (excluding diaryl/α,β-unsaturated/α-hetero) is 1. The summed E-state index contributed by atoms with van der Waals surface area (Å²) in [5.41, 5.74) is 0.961. The zero-order valence-corrected chi connectivity index (χ0v) is 11.8. The lowest BCUT2D eigenvalue weighted by atomic mass is 10.1. The van der Waals surface area contributed by atoms with Crippen molar-refractivity contribution >= 4 is 11.8 Å². The molecule has 110 valence electrons. The average molecular weight is 281 g/mol. The third-order valence-corrected chi connectivity index (χ3v) is 3.35. The number of carboxylic acid groups (broad SMARTS) is 1. The van der Waals surface area contributed by atoms with Gasteiger partial charge >= 0.3 is 5.97 Å². The van der Waals surface area contributed by atoms with Crippen molar-refractivity contribution in [3.63, 3.8) is 0 Å². The minimum atomic E-state index is -0.882. The minimum Gasteiger partial charge on any atom is -0.481 e. The van der Waals surface area contributed by atoms with Crippen LogP contribution in [0.5, 0.6) is 0 Å². The molecule has 0 fully saturated rings. The molecule has 0 heterocycles. The molecule has 4 nitrogen and oxygen atoms in total. The van der Waals surface area contributed by atoms with Crippen LogP contribution in [0.1, 0.15) is 25.8 Å². The Morgan fingerprint density at radius 2 is 1.85 bits per heavy atom. The van der Waals surface area contributed by atoms with Gasteiger partial charge in [-0.1, -0.05) is 12.1 Å². The van der Waals surface area contributed by atoms with Crippen molar-refractivity contribution in [1.29, 1.82) is 0 Å². The number of carboxylic acids is 1. The molecule has 0 saturated heterocycles. The molecular formula is C15H20FNO3. The number of nitrogens with zero attached hydrogens (tertiary/aromatic N) is 1. The summed E-state index contributed by atoms with van der Waals surface area (Å²) in [6, 6.07) is 5.87. The molecule has 0 aliphatic rings. The molecule has 0 saturated carbocycles. The van der Waals surface area contributed by atoms with Gasteiger partial charge in [-0.25, -0.2) is 4.39 Å². The number of benzene rings is 1. The zero-order valence-electron chi connectivity index (χ0n) is 11.8. The lowest BCUT2D eigenvalue weighted by Crippen LogP contribution is -2.40. The molecule has 0 aliphatic heterocycles. The standard InChI is InChI=1S/C15H20FNO3/c1-11(12(2)18)17(10-8-15(19)20)9-7-13-3-5-14(16)6-4-13/h3-6,11H,7-10H2,1-2H3,(H,19,20). The van der Waals surface area contributed by atoms with Gasteiger partial charge in [0.05, 0.1) is 12.5 Å². The number of halogens is 1. The molecule has 1 aromatic carbocycles. The fourth-order valence-corrected chi connectivity index (χ4v) is 1.92. The molecule has 0 radical (unpaired) electrons. The molecule has 1 rings (SSSR count). The molecule has 0 amide bonds. The molecule has 0 bridgehead atoms. The molecule has 0 aromatic heterocycles. The van der Waals surface area contributed by atoms with Crippen molar-refractivity contribution in [3.8, 4) is 0 Å². The smallest absolute Gasteiger partial charge is 0.304 e. The van der Waals surface area contributed by atoms with E-state index < -0.39 is 5.97 Å². The van der Waals surface area contributed by atoms with Crippen LogP contribution in [0.15, 0.2) is 24.3 Å². The largest absolute Gasteiger partial charge is 0.481 e. The first-order valence-electron chi connectivity index (χ1n) is 6.61. The van der Waals surface area contributed by atoms with E-state index in [1.165, 1.54) is 19.1 Å². The second-order valence-corrected chi connectivity index (χ2v) is 4.84. The van der Waals surface area contributed by atoms with Crippen LogP contribution >= 0.6 is 0 Å². The molecule has 20 heavy (non-hydrogen) atoms. The number of ketones is 1. The van der Waals surface area contributed by atoms with Gasteiger partial charge in [0.2, 0.25) is 0 Å². The summed E-state index contributed by atoms with van der Waals surface area (Å²) in [4.78, 5) is 23.9. The summed E-state index contributed by atoms with van der Waals surface area (Å²) in [5, 5.41) is 8.75. The first-order valence-corrected chi connectivity index (χ1v) is 6.61. The fraction of sp³-hybridized carbons (Fsp3) is 0.467. The maximum atomic E-state index is 12.8. The van der Waals surface area contributed by atoms with Crippen LogP contribution < -0.4 is 0 Å². The molecule has 1 N–H and O–H groups in total. The van der Waals surface area contributed by atoms with Crippen LogP contribution in [0.25, 0.3) is 0 Å². The second kappa shape index (κ2) is 7.75. The van der Waals surface area contributed by atoms with Gasteiger partial charge in [-0.3, -0.25) is 14.5 Å². The Morgan fingerprint density at radius 1 is 1.25 bits per heavy atom. The van der Waals surface area contributed by atoms with Crippen LogP contribution in [0.3, 0.4) is 0 Å². The van der Waals surface area contributed by atoms with Crippen molar-refractivity contribution in [3.05, 3.63) is 35.6 Å². The van der Waals surface area contributed by atoms with Gasteiger partial charge in [0.25, 0.3) is 0 Å². The van der Waals surface area contributed by atoms with E-state index in [9.17, 15) is 14.0 Å². The number of carbonyl (C=O) groups is 2. The Morgan fingerprint density at radius 3 is 2.35 bits per heavy atom. The van der Waals surface area contributed by atoms with E-state index in [2.05, 4.69) is 0 Å². The first-order chi connectivity index (χ1) is 9.40. The second-order valence-electron chi connectivity index (χ2n) is 4.84. The van der Waals surface area contributed by atoms with Crippen LogP contribution in [-0.2, 0) is 16.0 Å². The predicted molar refractivity (Wildman–Crippen MR) is 74.1 cm³/mol. The van der Waals surface area contributed by atoms with Crippen molar-refractivity contribution < 1.29 is 19.1 Å². The molecule has 5 heteroatoms. The average Bonchev–Trinajstić information content (AvgIpc) is 2.39. The monoisotopic (exact) mass is 281 g/mol. The van der Waals surface area contributed by atoms with E-state index in [0.717, 1.165) is 5.56 Å². The van der Waals surface area contributed by atoms with Crippen molar-refractivity contribution in [2.45, 2.75) is 32.7 Å². The van der Waals surface area contributed by atoms with E-state index in [-0.39, 0.29) is 24.1 Å². The zero-order chi connectivity index (χ0) is 15.1. The lowest BCUT2D eigenvalue weighted by molar-refractivity contribution is -0.138. The molecular weight excluding hydrogens is 261 g/mol. The van der Waals surface area contributed by atoms with Crippen LogP contribution in [0.4, 0.5) is 4.39 Å². The molecule has 0 aliphatic carbocycles. The number of rotatable bonds is 8. The highest BCUT2D eigenvalue weighted by atomic mass is 19.1. The van der Waals surface area contributed by atoms with E-state index in [4.69, 9.17) is 5.11 Å². The SMILES string of the molecule is CC(=O)C(C)N(CCC(=O)O)CCc1ccc(F)cc1. The van der Waals surface area contributed by atoms with Crippen molar-refractivity contribution in [2.75, 3.05) is 13.1 Å². The van der Waals surface area contributed by atoms with Crippen LogP contribution in [0.2, 0.25) is 0 Å². The third kappa shape index (κ3) is 5.48. The van der Waals surface area contributed by atoms with E-state index in [0.29, 0.717) is 19.5 Å².